The van der Waals surface area contributed by atoms with Gasteiger partial charge in [-0.05, 0) is 17.0 Å². The molecule has 0 saturated carbocycles. The Balaban J connectivity index is 3.14. The van der Waals surface area contributed by atoms with Gasteiger partial charge in [-0.3, -0.25) is 0 Å². The van der Waals surface area contributed by atoms with Gasteiger partial charge in [0, 0.05) is 26.1 Å². The van der Waals surface area contributed by atoms with Gasteiger partial charge in [0.2, 0.25) is 0 Å². The van der Waals surface area contributed by atoms with Crippen LogP contribution in [0, 0.1) is 0 Å². The van der Waals surface area contributed by atoms with Gasteiger partial charge < -0.3 is 0 Å². The second-order valence-corrected chi connectivity index (χ2v) is 5.74. The van der Waals surface area contributed by atoms with E-state index in [0.717, 1.165) is 0 Å². The Labute approximate surface area is 90.7 Å². The lowest BCUT2D eigenvalue weighted by Gasteiger charge is -2.21. The second-order valence-electron chi connectivity index (χ2n) is 3.82. The predicted octanol–water partition coefficient (Wildman–Crippen LogP) is 4.43. The van der Waals surface area contributed by atoms with Crippen molar-refractivity contribution in [2.24, 2.45) is 0 Å². The van der Waals surface area contributed by atoms with Crippen molar-refractivity contribution < 1.29 is 0 Å². The van der Waals surface area contributed by atoms with E-state index in [1.54, 1.807) is 8.93 Å². The van der Waals surface area contributed by atoms with Crippen LogP contribution < -0.4 is 0 Å². The number of benzene rings is 1. The lowest BCUT2D eigenvalue weighted by Crippen LogP contribution is -2.11. The van der Waals surface area contributed by atoms with Gasteiger partial charge >= 0.3 is 0 Å². The van der Waals surface area contributed by atoms with Crippen LogP contribution in [0.25, 0.3) is 0 Å². The average molecular weight is 292 g/mol. The quantitative estimate of drug-likeness (QED) is 0.690. The van der Waals surface area contributed by atoms with Crippen LogP contribution >= 0.6 is 30.1 Å². The van der Waals surface area contributed by atoms with E-state index >= 15 is 0 Å². The largest absolute Gasteiger partial charge is 0.0619 e. The minimum atomic E-state index is 0.259. The van der Waals surface area contributed by atoms with Crippen LogP contribution in [0.5, 0.6) is 0 Å². The molecule has 0 atom stereocenters. The molecule has 0 spiro atoms. The van der Waals surface area contributed by atoms with Crippen molar-refractivity contribution in [3.05, 3.63) is 29.8 Å². The summed E-state index contributed by atoms with van der Waals surface area (Å²) in [6.45, 7) is 6.75. The van der Waals surface area contributed by atoms with Crippen molar-refractivity contribution in [1.82, 2.24) is 0 Å². The minimum absolute atomic E-state index is 0.259. The van der Waals surface area contributed by atoms with Crippen molar-refractivity contribution in [1.29, 1.82) is 0 Å². The standard InChI is InChI=1S/C10H13IS/c1-10(2,3)8-6-4-5-7-9(8)12-11/h4-7H,1-3H3. The van der Waals surface area contributed by atoms with Crippen molar-refractivity contribution in [3.63, 3.8) is 0 Å². The molecule has 0 radical (unpaired) electrons. The summed E-state index contributed by atoms with van der Waals surface area (Å²) in [5.74, 6) is 0. The van der Waals surface area contributed by atoms with E-state index in [2.05, 4.69) is 66.2 Å². The first kappa shape index (κ1) is 10.4. The molecule has 0 aromatic heterocycles. The molecule has 0 unspecified atom stereocenters. The summed E-state index contributed by atoms with van der Waals surface area (Å²) in [7, 11) is 1.79. The maximum Gasteiger partial charge on any atom is 0.0216 e. The van der Waals surface area contributed by atoms with E-state index in [1.165, 1.54) is 10.5 Å². The van der Waals surface area contributed by atoms with Crippen LogP contribution in [0.4, 0.5) is 0 Å². The number of halogens is 1. The van der Waals surface area contributed by atoms with Crippen LogP contribution in [0.2, 0.25) is 0 Å². The summed E-state index contributed by atoms with van der Waals surface area (Å²) in [5.41, 5.74) is 1.69. The molecule has 0 nitrogen and oxygen atoms in total. The molecule has 0 aliphatic heterocycles. The summed E-state index contributed by atoms with van der Waals surface area (Å²) >= 11 is 2.34. The van der Waals surface area contributed by atoms with Gasteiger partial charge in [-0.1, -0.05) is 47.9 Å². The lowest BCUT2D eigenvalue weighted by molar-refractivity contribution is 0.578. The summed E-state index contributed by atoms with van der Waals surface area (Å²) in [6, 6.07) is 8.59. The Hall–Kier alpha value is 0.300. The molecule has 0 saturated heterocycles. The second kappa shape index (κ2) is 4.01. The molecule has 0 heterocycles. The normalized spacial score (nSPS) is 11.7. The highest BCUT2D eigenvalue weighted by Crippen LogP contribution is 2.35. The van der Waals surface area contributed by atoms with E-state index in [4.69, 9.17) is 0 Å². The summed E-state index contributed by atoms with van der Waals surface area (Å²) in [4.78, 5) is 1.38. The maximum atomic E-state index is 2.34. The molecular formula is C10H13IS. The highest BCUT2D eigenvalue weighted by Gasteiger charge is 2.16. The fourth-order valence-corrected chi connectivity index (χ4v) is 2.89. The van der Waals surface area contributed by atoms with E-state index in [9.17, 15) is 0 Å². The minimum Gasteiger partial charge on any atom is -0.0619 e. The van der Waals surface area contributed by atoms with Crippen LogP contribution in [0.1, 0.15) is 26.3 Å². The van der Waals surface area contributed by atoms with Crippen LogP contribution in [-0.4, -0.2) is 0 Å². The third kappa shape index (κ3) is 2.39. The van der Waals surface area contributed by atoms with E-state index in [1.807, 2.05) is 0 Å². The number of hydrogen-bond acceptors (Lipinski definition) is 1. The van der Waals surface area contributed by atoms with Gasteiger partial charge in [0.25, 0.3) is 0 Å². The zero-order valence-corrected chi connectivity index (χ0v) is 10.6. The zero-order chi connectivity index (χ0) is 9.19. The van der Waals surface area contributed by atoms with Gasteiger partial charge in [-0.15, -0.1) is 0 Å². The van der Waals surface area contributed by atoms with Gasteiger partial charge in [-0.25, -0.2) is 0 Å². The van der Waals surface area contributed by atoms with Gasteiger partial charge in [0.1, 0.15) is 0 Å². The average Bonchev–Trinajstić information content (AvgIpc) is 2.03. The number of rotatable bonds is 1. The molecule has 0 aliphatic rings. The Morgan fingerprint density at radius 1 is 1.17 bits per heavy atom. The lowest BCUT2D eigenvalue weighted by atomic mass is 9.87. The molecule has 1 aromatic rings. The van der Waals surface area contributed by atoms with Crippen molar-refractivity contribution >= 4 is 30.1 Å². The Kier molecular flexibility index (Phi) is 3.47. The first-order valence-corrected chi connectivity index (χ1v) is 7.30. The van der Waals surface area contributed by atoms with E-state index < -0.39 is 0 Å². The van der Waals surface area contributed by atoms with E-state index in [0.29, 0.717) is 0 Å². The van der Waals surface area contributed by atoms with Crippen LogP contribution in [-0.2, 0) is 5.41 Å². The Morgan fingerprint density at radius 2 is 1.75 bits per heavy atom. The maximum absolute atomic E-state index is 2.34. The Bertz CT molecular complexity index is 263. The molecule has 66 valence electrons. The molecular weight excluding hydrogens is 279 g/mol. The third-order valence-corrected chi connectivity index (χ3v) is 3.72. The van der Waals surface area contributed by atoms with Crippen molar-refractivity contribution in [2.75, 3.05) is 0 Å². The smallest absolute Gasteiger partial charge is 0.0216 e. The number of hydrogen-bond donors (Lipinski definition) is 0. The topological polar surface area (TPSA) is 0 Å². The van der Waals surface area contributed by atoms with Gasteiger partial charge in [-0.2, -0.15) is 0 Å². The molecule has 0 amide bonds. The van der Waals surface area contributed by atoms with Gasteiger partial charge in [0.15, 0.2) is 0 Å². The summed E-state index contributed by atoms with van der Waals surface area (Å²) in [6.07, 6.45) is 0. The fraction of sp³-hybridized carbons (Fsp3) is 0.400. The molecule has 2 heteroatoms. The highest BCUT2D eigenvalue weighted by molar-refractivity contribution is 14.2. The summed E-state index contributed by atoms with van der Waals surface area (Å²) < 4.78 is 0. The molecule has 12 heavy (non-hydrogen) atoms. The molecule has 0 bridgehead atoms. The van der Waals surface area contributed by atoms with E-state index in [-0.39, 0.29) is 5.41 Å². The van der Waals surface area contributed by atoms with Crippen molar-refractivity contribution in [3.8, 4) is 0 Å². The van der Waals surface area contributed by atoms with Crippen LogP contribution in [0.15, 0.2) is 29.2 Å². The highest BCUT2D eigenvalue weighted by atomic mass is 127. The molecule has 1 aromatic carbocycles. The monoisotopic (exact) mass is 292 g/mol. The fourth-order valence-electron chi connectivity index (χ4n) is 1.15. The predicted molar refractivity (Wildman–Crippen MR) is 65.0 cm³/mol. The third-order valence-electron chi connectivity index (χ3n) is 1.78. The molecule has 0 fully saturated rings. The molecule has 0 N–H and O–H groups in total. The first-order valence-electron chi connectivity index (χ1n) is 3.94. The van der Waals surface area contributed by atoms with Gasteiger partial charge in [0.05, 0.1) is 0 Å². The van der Waals surface area contributed by atoms with Crippen LogP contribution in [0.3, 0.4) is 0 Å². The first-order chi connectivity index (χ1) is 5.55. The SMILES string of the molecule is CC(C)(C)c1ccccc1SI. The zero-order valence-electron chi connectivity index (χ0n) is 7.60. The Morgan fingerprint density at radius 3 is 2.17 bits per heavy atom. The van der Waals surface area contributed by atoms with Crippen molar-refractivity contribution in [2.45, 2.75) is 31.1 Å². The molecule has 1 rings (SSSR count). The summed E-state index contributed by atoms with van der Waals surface area (Å²) in [5, 5.41) is 0. The molecule has 0 aliphatic carbocycles.